The van der Waals surface area contributed by atoms with Gasteiger partial charge in [0.05, 0.1) is 12.1 Å². The van der Waals surface area contributed by atoms with Crippen LogP contribution in [0.2, 0.25) is 0 Å². The molecular formula is C50H61N7O8. The Hall–Kier alpha value is -6.47. The van der Waals surface area contributed by atoms with Crippen LogP contribution in [0.3, 0.4) is 0 Å². The summed E-state index contributed by atoms with van der Waals surface area (Å²) < 4.78 is 13.7. The lowest BCUT2D eigenvalue weighted by molar-refractivity contribution is -0.142. The van der Waals surface area contributed by atoms with Gasteiger partial charge in [0.2, 0.25) is 11.8 Å². The van der Waals surface area contributed by atoms with Gasteiger partial charge >= 0.3 is 0 Å². The minimum Gasteiger partial charge on any atom is -0.492 e. The zero-order valence-corrected chi connectivity index (χ0v) is 37.9. The average molecular weight is 888 g/mol. The molecule has 15 nitrogen and oxygen atoms in total. The maximum absolute atomic E-state index is 14.7. The Morgan fingerprint density at radius 1 is 0.877 bits per heavy atom. The highest BCUT2D eigenvalue weighted by Gasteiger charge is 2.36. The molecule has 0 saturated heterocycles. The highest BCUT2D eigenvalue weighted by molar-refractivity contribution is 6.00. The van der Waals surface area contributed by atoms with E-state index in [1.54, 1.807) is 43.3 Å². The molecule has 4 atom stereocenters. The van der Waals surface area contributed by atoms with Crippen molar-refractivity contribution in [3.63, 3.8) is 0 Å². The fraction of sp³-hybridized carbons (Fsp3) is 0.420. The predicted octanol–water partition coefficient (Wildman–Crippen LogP) is 4.72. The lowest BCUT2D eigenvalue weighted by Gasteiger charge is -2.32. The largest absolute Gasteiger partial charge is 0.492 e. The molecule has 2 heterocycles. The summed E-state index contributed by atoms with van der Waals surface area (Å²) in [5.74, 6) is -3.47. The number of hydrogen-bond acceptors (Lipinski definition) is 12. The number of amides is 2. The molecule has 4 aromatic rings. The lowest BCUT2D eigenvalue weighted by atomic mass is 9.87. The Balaban J connectivity index is 1.55. The number of rotatable bonds is 17. The average Bonchev–Trinajstić information content (AvgIpc) is 3.28. The third-order valence-electron chi connectivity index (χ3n) is 11.6. The van der Waals surface area contributed by atoms with E-state index < -0.39 is 52.9 Å². The number of ketones is 3. The number of likely N-dealkylation sites (N-methyl/N-ethyl adjacent to an activating group) is 1. The Bertz CT molecular complexity index is 2470. The molecule has 0 saturated carbocycles. The Morgan fingerprint density at radius 3 is 2.12 bits per heavy atom. The number of carbonyl (C=O) groups excluding carboxylic acids is 5. The van der Waals surface area contributed by atoms with Crippen LogP contribution in [0, 0.1) is 23.2 Å². The summed E-state index contributed by atoms with van der Waals surface area (Å²) in [6, 6.07) is 20.5. The molecule has 5 rings (SSSR count). The molecule has 0 radical (unpaired) electrons. The van der Waals surface area contributed by atoms with Gasteiger partial charge in [-0.2, -0.15) is 5.26 Å². The molecule has 1 aliphatic rings. The summed E-state index contributed by atoms with van der Waals surface area (Å²) in [5, 5.41) is 12.1. The molecule has 15 heteroatoms. The second kappa shape index (κ2) is 22.4. The van der Waals surface area contributed by atoms with E-state index in [1.807, 2.05) is 36.4 Å². The van der Waals surface area contributed by atoms with Gasteiger partial charge in [-0.1, -0.05) is 52.0 Å². The Morgan fingerprint density at radius 2 is 1.52 bits per heavy atom. The maximum atomic E-state index is 14.7. The van der Waals surface area contributed by atoms with Crippen molar-refractivity contribution in [1.82, 2.24) is 14.8 Å². The van der Waals surface area contributed by atoms with Crippen LogP contribution >= 0.6 is 0 Å². The van der Waals surface area contributed by atoms with Crippen molar-refractivity contribution in [3.05, 3.63) is 112 Å². The molecule has 1 aromatic heterocycles. The summed E-state index contributed by atoms with van der Waals surface area (Å²) in [6.45, 7) is 8.64. The first-order valence-electron chi connectivity index (χ1n) is 22.0. The molecule has 1 aliphatic heterocycles. The Kier molecular flexibility index (Phi) is 17.1. The molecule has 7 N–H and O–H groups in total. The number of nitrogens with two attached hydrogens (primary N) is 3. The number of fused-ring (bicyclic) bond motifs is 5. The van der Waals surface area contributed by atoms with Crippen molar-refractivity contribution >= 4 is 29.2 Å². The van der Waals surface area contributed by atoms with Crippen LogP contribution in [0.15, 0.2) is 83.8 Å². The minimum atomic E-state index is -1.27. The third-order valence-corrected chi connectivity index (χ3v) is 11.6. The smallest absolute Gasteiger partial charge is 0.255 e. The molecule has 0 fully saturated rings. The summed E-state index contributed by atoms with van der Waals surface area (Å²) in [7, 11) is 1.47. The summed E-state index contributed by atoms with van der Waals surface area (Å²) in [5.41, 5.74) is 21.2. The minimum absolute atomic E-state index is 0.0400. The standard InChI is InChI=1S/C50H61N7O8/c1-31-25-43(60)47(56(5)49(63)35(16-19-52)29-42(59)33-17-22-57(46(61)30-33)37-12-10-36(11-13-37)50(2,3)4)34-9-15-45(65-24-21-54)39(28-34)38-26-32(8-14-44(38)64-23-20-53)27-40(55-48(31)62)41(58)7-6-18-51/h8-15,17,22,26,28,30-31,35,40,47H,6-7,16,19-21,23-25,27,29,52-54H2,1-5H3,(H,55,62)/t31-,35-,40+,47+/m1/s1. The van der Waals surface area contributed by atoms with Gasteiger partial charge in [-0.25, -0.2) is 0 Å². The fourth-order valence-corrected chi connectivity index (χ4v) is 7.97. The first-order chi connectivity index (χ1) is 31.0. The van der Waals surface area contributed by atoms with Gasteiger partial charge in [-0.15, -0.1) is 0 Å². The molecule has 0 spiro atoms. The van der Waals surface area contributed by atoms with Crippen molar-refractivity contribution in [2.75, 3.05) is 39.9 Å². The number of hydrogen-bond donors (Lipinski definition) is 4. The van der Waals surface area contributed by atoms with Crippen molar-refractivity contribution < 1.29 is 33.4 Å². The van der Waals surface area contributed by atoms with Gasteiger partial charge in [-0.3, -0.25) is 33.3 Å². The molecule has 0 unspecified atom stereocenters. The first kappa shape index (κ1) is 49.5. The second-order valence-corrected chi connectivity index (χ2v) is 17.5. The molecule has 3 aromatic carbocycles. The molecular weight excluding hydrogens is 827 g/mol. The van der Waals surface area contributed by atoms with Crippen LogP contribution in [0.4, 0.5) is 0 Å². The number of nitrogens with one attached hydrogen (secondary N) is 1. The molecule has 2 amide bonds. The first-order valence-corrected chi connectivity index (χ1v) is 22.0. The van der Waals surface area contributed by atoms with Gasteiger partial charge in [0, 0.05) is 92.3 Å². The van der Waals surface area contributed by atoms with Crippen LogP contribution in [0.25, 0.3) is 16.8 Å². The number of benzene rings is 3. The molecule has 344 valence electrons. The summed E-state index contributed by atoms with van der Waals surface area (Å²) >= 11 is 0. The van der Waals surface area contributed by atoms with Gasteiger partial charge in [0.1, 0.15) is 30.8 Å². The fourth-order valence-electron chi connectivity index (χ4n) is 7.97. The predicted molar refractivity (Wildman–Crippen MR) is 248 cm³/mol. The van der Waals surface area contributed by atoms with Crippen molar-refractivity contribution in [1.29, 1.82) is 5.26 Å². The van der Waals surface area contributed by atoms with E-state index in [1.165, 1.54) is 28.8 Å². The normalized spacial score (nSPS) is 16.9. The van der Waals surface area contributed by atoms with E-state index in [-0.39, 0.29) is 88.1 Å². The number of ether oxygens (including phenoxy) is 2. The number of pyridine rings is 1. The van der Waals surface area contributed by atoms with E-state index in [2.05, 4.69) is 26.1 Å². The molecule has 4 bridgehead atoms. The summed E-state index contributed by atoms with van der Waals surface area (Å²) in [4.78, 5) is 85.1. The van der Waals surface area contributed by atoms with E-state index in [4.69, 9.17) is 26.7 Å². The topological polar surface area (TPSA) is 243 Å². The second-order valence-electron chi connectivity index (χ2n) is 17.5. The Labute approximate surface area is 380 Å². The number of Topliss-reactive ketones (excluding diaryl/α,β-unsaturated/α-hetero) is 3. The number of aromatic nitrogens is 1. The number of carbonyl (C=O) groups is 5. The highest BCUT2D eigenvalue weighted by atomic mass is 16.5. The maximum Gasteiger partial charge on any atom is 0.255 e. The number of nitriles is 1. The molecule has 0 aliphatic carbocycles. The number of nitrogens with zero attached hydrogens (tertiary/aromatic N) is 3. The highest BCUT2D eigenvalue weighted by Crippen LogP contribution is 2.41. The van der Waals surface area contributed by atoms with Crippen molar-refractivity contribution in [2.24, 2.45) is 29.0 Å². The van der Waals surface area contributed by atoms with E-state index >= 15 is 0 Å². The lowest BCUT2D eigenvalue weighted by Crippen LogP contribution is -2.46. The quantitative estimate of drug-likeness (QED) is 0.105. The zero-order valence-electron chi connectivity index (χ0n) is 37.9. The van der Waals surface area contributed by atoms with Gasteiger partial charge in [-0.05, 0) is 84.0 Å². The summed E-state index contributed by atoms with van der Waals surface area (Å²) in [6.07, 6.45) is 0.973. The van der Waals surface area contributed by atoms with Gasteiger partial charge in [0.25, 0.3) is 5.56 Å². The third kappa shape index (κ3) is 12.4. The van der Waals surface area contributed by atoms with E-state index in [0.717, 1.165) is 5.56 Å². The van der Waals surface area contributed by atoms with Crippen LogP contribution < -0.4 is 37.6 Å². The van der Waals surface area contributed by atoms with Gasteiger partial charge in [0.15, 0.2) is 17.3 Å². The van der Waals surface area contributed by atoms with Crippen molar-refractivity contribution in [3.8, 4) is 34.4 Å². The SMILES string of the molecule is C[C@@H]1CC(=O)[C@@H](N(C)C(=O)[C@H](CCN)CC(=O)c2ccn(-c3ccc(C(C)(C)C)cc3)c(=O)c2)c2ccc(OCCN)c(c2)-c2cc(ccc2OCCN)C[C@@H](C(=O)CCC#N)NC1=O. The monoisotopic (exact) mass is 887 g/mol. The van der Waals surface area contributed by atoms with Gasteiger partial charge < -0.3 is 36.9 Å². The van der Waals surface area contributed by atoms with Crippen LogP contribution in [0.5, 0.6) is 11.5 Å². The van der Waals surface area contributed by atoms with Crippen LogP contribution in [0.1, 0.15) is 92.9 Å². The van der Waals surface area contributed by atoms with E-state index in [0.29, 0.717) is 39.4 Å². The van der Waals surface area contributed by atoms with E-state index in [9.17, 15) is 34.0 Å². The van der Waals surface area contributed by atoms with Crippen LogP contribution in [-0.4, -0.2) is 84.6 Å². The van der Waals surface area contributed by atoms with Crippen LogP contribution in [-0.2, 0) is 31.0 Å². The van der Waals surface area contributed by atoms with Crippen molar-refractivity contribution in [2.45, 2.75) is 83.7 Å². The zero-order chi connectivity index (χ0) is 47.4. The molecule has 65 heavy (non-hydrogen) atoms.